The Balaban J connectivity index is 1.24. The zero-order valence-corrected chi connectivity index (χ0v) is 31.1. The molecule has 0 amide bonds. The van der Waals surface area contributed by atoms with Gasteiger partial charge in [0.25, 0.3) is 0 Å². The minimum atomic E-state index is -0.158. The molecule has 4 aliphatic rings. The molecular formula is C49H39BN2O. The number of hydrogen-bond donors (Lipinski definition) is 0. The van der Waals surface area contributed by atoms with Crippen LogP contribution in [0.25, 0.3) is 82.7 Å². The van der Waals surface area contributed by atoms with Crippen LogP contribution in [0.2, 0.25) is 0 Å². The first-order valence-corrected chi connectivity index (χ1v) is 19.4. The monoisotopic (exact) mass is 682 g/mol. The van der Waals surface area contributed by atoms with Gasteiger partial charge in [0, 0.05) is 43.9 Å². The average Bonchev–Trinajstić information content (AvgIpc) is 3.86. The second-order valence-corrected chi connectivity index (χ2v) is 18.3. The van der Waals surface area contributed by atoms with E-state index in [9.17, 15) is 0 Å². The molecule has 0 saturated carbocycles. The molecule has 0 radical (unpaired) electrons. The molecule has 53 heavy (non-hydrogen) atoms. The molecule has 0 unspecified atom stereocenters. The van der Waals surface area contributed by atoms with Crippen molar-refractivity contribution in [3.63, 3.8) is 0 Å². The van der Waals surface area contributed by atoms with Crippen LogP contribution in [0.4, 0.5) is 0 Å². The summed E-state index contributed by atoms with van der Waals surface area (Å²) in [4.78, 5) is 0. The van der Waals surface area contributed by atoms with Gasteiger partial charge < -0.3 is 13.5 Å². The summed E-state index contributed by atoms with van der Waals surface area (Å²) in [5, 5.41) is 7.64. The number of aromatic nitrogens is 2. The highest BCUT2D eigenvalue weighted by molar-refractivity contribution is 6.90. The summed E-state index contributed by atoms with van der Waals surface area (Å²) in [7, 11) is 0. The van der Waals surface area contributed by atoms with E-state index in [1.807, 2.05) is 0 Å². The van der Waals surface area contributed by atoms with E-state index in [-0.39, 0.29) is 23.1 Å². The van der Waals surface area contributed by atoms with Crippen LogP contribution in [0.3, 0.4) is 0 Å². The molecule has 2 aliphatic carbocycles. The number of benzene rings is 6. The van der Waals surface area contributed by atoms with Gasteiger partial charge in [-0.3, -0.25) is 0 Å². The fraction of sp³-hybridized carbons (Fsp3) is 0.224. The van der Waals surface area contributed by atoms with E-state index >= 15 is 0 Å². The lowest BCUT2D eigenvalue weighted by atomic mass is 9.45. The topological polar surface area (TPSA) is 23.0 Å². The van der Waals surface area contributed by atoms with Crippen LogP contribution in [0.15, 0.2) is 108 Å². The fourth-order valence-corrected chi connectivity index (χ4v) is 11.7. The Hall–Kier alpha value is -5.48. The molecule has 3 aromatic heterocycles. The van der Waals surface area contributed by atoms with Crippen LogP contribution in [-0.4, -0.2) is 15.9 Å². The minimum absolute atomic E-state index is 0.0304. The zero-order chi connectivity index (χ0) is 35.5. The van der Waals surface area contributed by atoms with E-state index in [1.54, 1.807) is 5.56 Å². The van der Waals surface area contributed by atoms with Gasteiger partial charge in [0.1, 0.15) is 5.58 Å². The summed E-state index contributed by atoms with van der Waals surface area (Å²) in [5.74, 6) is 0. The largest absolute Gasteiger partial charge is 0.441 e. The van der Waals surface area contributed by atoms with E-state index < -0.39 is 0 Å². The van der Waals surface area contributed by atoms with Crippen molar-refractivity contribution < 1.29 is 4.42 Å². The van der Waals surface area contributed by atoms with E-state index in [0.717, 1.165) is 11.3 Å². The van der Waals surface area contributed by atoms with Crippen LogP contribution < -0.4 is 10.9 Å². The first kappa shape index (κ1) is 29.0. The van der Waals surface area contributed by atoms with Gasteiger partial charge in [0.05, 0.1) is 16.6 Å². The van der Waals surface area contributed by atoms with Crippen molar-refractivity contribution in [2.45, 2.75) is 70.6 Å². The molecule has 0 atom stereocenters. The molecule has 0 bridgehead atoms. The van der Waals surface area contributed by atoms with Gasteiger partial charge in [-0.05, 0) is 91.4 Å². The van der Waals surface area contributed by atoms with Crippen molar-refractivity contribution in [1.29, 1.82) is 0 Å². The normalized spacial score (nSPS) is 17.9. The highest BCUT2D eigenvalue weighted by Gasteiger charge is 2.49. The molecule has 4 heteroatoms. The summed E-state index contributed by atoms with van der Waals surface area (Å²) in [5.41, 5.74) is 20.2. The third-order valence-corrected chi connectivity index (χ3v) is 14.3. The van der Waals surface area contributed by atoms with Gasteiger partial charge in [-0.1, -0.05) is 126 Å². The minimum Gasteiger partial charge on any atom is -0.441 e. The molecule has 0 spiro atoms. The quantitative estimate of drug-likeness (QED) is 0.146. The highest BCUT2D eigenvalue weighted by atomic mass is 16.3. The molecule has 5 heterocycles. The lowest BCUT2D eigenvalue weighted by Crippen LogP contribution is -2.55. The smallest absolute Gasteiger partial charge is 0.336 e. The van der Waals surface area contributed by atoms with Crippen LogP contribution in [0, 0.1) is 0 Å². The van der Waals surface area contributed by atoms with E-state index in [0.29, 0.717) is 0 Å². The van der Waals surface area contributed by atoms with Gasteiger partial charge in [-0.25, -0.2) is 0 Å². The lowest BCUT2D eigenvalue weighted by molar-refractivity contribution is 0.331. The van der Waals surface area contributed by atoms with Gasteiger partial charge in [-0.2, -0.15) is 0 Å². The molecule has 3 nitrogen and oxygen atoms in total. The standard InChI is InChI=1S/C49H39BN2O/c1-47(2)21-22-48(3,4)35-25-33-32(24-34(35)47)45-41(49(33,5)6)31-18-12-19-36-44(31)51(45)37-23-26-13-7-8-14-27(26)39-29-16-11-17-30-40-28-15-9-10-20-38(28)53-46(40)52(43(29)30)50(36)42(37)39/h7-20,23-25H,21-22H2,1-6H3. The second-order valence-electron chi connectivity index (χ2n) is 18.3. The summed E-state index contributed by atoms with van der Waals surface area (Å²) in [6, 6.07) is 39.4. The van der Waals surface area contributed by atoms with E-state index in [2.05, 4.69) is 154 Å². The van der Waals surface area contributed by atoms with Crippen molar-refractivity contribution in [2.75, 3.05) is 0 Å². The summed E-state index contributed by atoms with van der Waals surface area (Å²) >= 11 is 0. The number of furan rings is 1. The maximum atomic E-state index is 6.92. The lowest BCUT2D eigenvalue weighted by Gasteiger charge is -2.43. The van der Waals surface area contributed by atoms with Crippen LogP contribution >= 0.6 is 0 Å². The Morgan fingerprint density at radius 3 is 2.15 bits per heavy atom. The summed E-state index contributed by atoms with van der Waals surface area (Å²) < 4.78 is 12.2. The third-order valence-electron chi connectivity index (χ3n) is 14.3. The predicted molar refractivity (Wildman–Crippen MR) is 222 cm³/mol. The van der Waals surface area contributed by atoms with Crippen LogP contribution in [0.1, 0.15) is 76.6 Å². The Kier molecular flexibility index (Phi) is 4.83. The first-order chi connectivity index (χ1) is 25.6. The van der Waals surface area contributed by atoms with E-state index in [1.165, 1.54) is 112 Å². The zero-order valence-electron chi connectivity index (χ0n) is 31.1. The Labute approximate surface area is 308 Å². The van der Waals surface area contributed by atoms with Crippen molar-refractivity contribution in [3.8, 4) is 28.1 Å². The van der Waals surface area contributed by atoms with Gasteiger partial charge in [0.2, 0.25) is 0 Å². The molecule has 2 aliphatic heterocycles. The van der Waals surface area contributed by atoms with Gasteiger partial charge >= 0.3 is 6.85 Å². The van der Waals surface area contributed by atoms with Gasteiger partial charge in [0.15, 0.2) is 5.71 Å². The predicted octanol–water partition coefficient (Wildman–Crippen LogP) is 11.2. The molecule has 6 aromatic carbocycles. The number of para-hydroxylation sites is 3. The first-order valence-electron chi connectivity index (χ1n) is 19.4. The van der Waals surface area contributed by atoms with Gasteiger partial charge in [-0.15, -0.1) is 0 Å². The van der Waals surface area contributed by atoms with Crippen molar-refractivity contribution >= 4 is 72.4 Å². The molecule has 254 valence electrons. The third kappa shape index (κ3) is 3.14. The molecule has 0 saturated heterocycles. The number of hydrogen-bond acceptors (Lipinski definition) is 1. The van der Waals surface area contributed by atoms with E-state index in [4.69, 9.17) is 4.42 Å². The molecular weight excluding hydrogens is 643 g/mol. The van der Waals surface area contributed by atoms with Crippen molar-refractivity contribution in [3.05, 3.63) is 125 Å². The van der Waals surface area contributed by atoms with Crippen LogP contribution in [0.5, 0.6) is 0 Å². The second kappa shape index (κ2) is 8.83. The molecule has 0 fully saturated rings. The summed E-state index contributed by atoms with van der Waals surface area (Å²) in [6.45, 7) is 14.8. The fourth-order valence-electron chi connectivity index (χ4n) is 11.7. The maximum Gasteiger partial charge on any atom is 0.336 e. The Morgan fingerprint density at radius 2 is 1.32 bits per heavy atom. The van der Waals surface area contributed by atoms with Crippen molar-refractivity contribution in [1.82, 2.24) is 9.05 Å². The number of rotatable bonds is 0. The Bertz CT molecular complexity index is 3210. The molecule has 13 rings (SSSR count). The van der Waals surface area contributed by atoms with Crippen molar-refractivity contribution in [2.24, 2.45) is 0 Å². The number of fused-ring (bicyclic) bond motifs is 17. The maximum absolute atomic E-state index is 6.92. The number of nitrogens with zero attached hydrogens (tertiary/aromatic N) is 2. The molecule has 0 N–H and O–H groups in total. The van der Waals surface area contributed by atoms with Crippen LogP contribution in [-0.2, 0) is 16.2 Å². The summed E-state index contributed by atoms with van der Waals surface area (Å²) in [6.07, 6.45) is 2.42. The highest BCUT2D eigenvalue weighted by Crippen LogP contribution is 2.58. The molecule has 9 aromatic rings. The Morgan fingerprint density at radius 1 is 0.623 bits per heavy atom. The average molecular weight is 683 g/mol. The SMILES string of the molecule is CC1(C)CCC(C)(C)c2cc3c(cc21)-c1c(c2cccc4c2n1-c1cc2ccccc2c2c1B4n1c4oc5ccccc5c4c4cccc-2c41)C3(C)C.